The van der Waals surface area contributed by atoms with E-state index in [2.05, 4.69) is 22.5 Å². The maximum absolute atomic E-state index is 11.7. The summed E-state index contributed by atoms with van der Waals surface area (Å²) in [5, 5.41) is 5.67. The molecule has 1 heterocycles. The first-order chi connectivity index (χ1) is 10.2. The van der Waals surface area contributed by atoms with Crippen LogP contribution in [0.15, 0.2) is 5.51 Å². The van der Waals surface area contributed by atoms with Crippen molar-refractivity contribution in [1.82, 2.24) is 15.6 Å². The quantitative estimate of drug-likeness (QED) is 0.794. The van der Waals surface area contributed by atoms with E-state index in [1.54, 1.807) is 16.8 Å². The van der Waals surface area contributed by atoms with Gasteiger partial charge in [-0.3, -0.25) is 0 Å². The van der Waals surface area contributed by atoms with E-state index in [9.17, 15) is 4.79 Å². The summed E-state index contributed by atoms with van der Waals surface area (Å²) in [4.78, 5) is 16.9. The Morgan fingerprint density at radius 3 is 2.95 bits per heavy atom. The molecule has 0 aliphatic heterocycles. The predicted molar refractivity (Wildman–Crippen MR) is 84.5 cm³/mol. The summed E-state index contributed by atoms with van der Waals surface area (Å²) in [6, 6.07) is -0.150. The summed E-state index contributed by atoms with van der Waals surface area (Å²) >= 11 is 1.56. The second-order valence-corrected chi connectivity index (χ2v) is 6.58. The Kier molecular flexibility index (Phi) is 6.45. The van der Waals surface area contributed by atoms with E-state index in [1.807, 2.05) is 6.92 Å². The smallest absolute Gasteiger partial charge is 0.315 e. The Morgan fingerprint density at radius 2 is 2.24 bits per heavy atom. The maximum Gasteiger partial charge on any atom is 0.315 e. The molecule has 0 aromatic carbocycles. The number of aromatic nitrogens is 1. The van der Waals surface area contributed by atoms with Crippen LogP contribution in [-0.2, 0) is 11.3 Å². The molecule has 1 fully saturated rings. The summed E-state index contributed by atoms with van der Waals surface area (Å²) in [6.45, 7) is 5.87. The largest absolute Gasteiger partial charge is 0.376 e. The third-order valence-electron chi connectivity index (χ3n) is 4.01. The lowest BCUT2D eigenvalue weighted by atomic mass is 9.88. The van der Waals surface area contributed by atoms with Crippen LogP contribution in [0.1, 0.15) is 43.2 Å². The van der Waals surface area contributed by atoms with Crippen LogP contribution in [0.2, 0.25) is 0 Å². The van der Waals surface area contributed by atoms with Crippen molar-refractivity contribution in [2.24, 2.45) is 5.92 Å². The minimum Gasteiger partial charge on any atom is -0.376 e. The highest BCUT2D eigenvalue weighted by Crippen LogP contribution is 2.25. The minimum absolute atomic E-state index is 0.150. The van der Waals surface area contributed by atoms with Gasteiger partial charge in [-0.05, 0) is 25.7 Å². The van der Waals surface area contributed by atoms with Crippen molar-refractivity contribution in [3.05, 3.63) is 16.1 Å². The molecule has 1 saturated carbocycles. The molecule has 1 aromatic heterocycles. The molecule has 6 heteroatoms. The van der Waals surface area contributed by atoms with Gasteiger partial charge < -0.3 is 15.4 Å². The highest BCUT2D eigenvalue weighted by Gasteiger charge is 2.21. The molecule has 5 nitrogen and oxygen atoms in total. The van der Waals surface area contributed by atoms with Crippen LogP contribution in [0.25, 0.3) is 0 Å². The van der Waals surface area contributed by atoms with E-state index in [4.69, 9.17) is 4.74 Å². The minimum atomic E-state index is -0.150. The lowest BCUT2D eigenvalue weighted by Gasteiger charge is -2.28. The van der Waals surface area contributed by atoms with Crippen molar-refractivity contribution in [3.8, 4) is 0 Å². The van der Waals surface area contributed by atoms with E-state index in [0.29, 0.717) is 31.7 Å². The molecule has 0 radical (unpaired) electrons. The monoisotopic (exact) mass is 311 g/mol. The third kappa shape index (κ3) is 5.28. The summed E-state index contributed by atoms with van der Waals surface area (Å²) in [7, 11) is 0. The molecular weight excluding hydrogens is 286 g/mol. The molecule has 21 heavy (non-hydrogen) atoms. The second kappa shape index (κ2) is 8.34. The van der Waals surface area contributed by atoms with Crippen molar-refractivity contribution >= 4 is 17.4 Å². The van der Waals surface area contributed by atoms with Crippen molar-refractivity contribution in [2.45, 2.75) is 52.2 Å². The Labute approximate surface area is 130 Å². The zero-order valence-corrected chi connectivity index (χ0v) is 13.7. The van der Waals surface area contributed by atoms with Gasteiger partial charge in [0.2, 0.25) is 0 Å². The van der Waals surface area contributed by atoms with Crippen molar-refractivity contribution < 1.29 is 9.53 Å². The van der Waals surface area contributed by atoms with Gasteiger partial charge in [-0.15, -0.1) is 11.3 Å². The van der Waals surface area contributed by atoms with Crippen LogP contribution in [0.5, 0.6) is 0 Å². The Hall–Kier alpha value is -1.14. The molecule has 2 amide bonds. The fourth-order valence-electron chi connectivity index (χ4n) is 2.62. The standard InChI is InChI=1S/C15H25N3O2S/c1-11-5-3-4-6-13(11)20-8-7-16-15(19)17-9-14-12(2)18-10-21-14/h10-11,13H,3-9H2,1-2H3,(H2,16,17,19)/t11-,13-/m1/s1. The summed E-state index contributed by atoms with van der Waals surface area (Å²) in [5.41, 5.74) is 2.78. The lowest BCUT2D eigenvalue weighted by molar-refractivity contribution is -0.00243. The zero-order chi connectivity index (χ0) is 15.1. The van der Waals surface area contributed by atoms with E-state index in [0.717, 1.165) is 17.0 Å². The van der Waals surface area contributed by atoms with E-state index in [-0.39, 0.29) is 6.03 Å². The number of nitrogens with zero attached hydrogens (tertiary/aromatic N) is 1. The van der Waals surface area contributed by atoms with Gasteiger partial charge in [-0.1, -0.05) is 19.8 Å². The molecular formula is C15H25N3O2S. The first kappa shape index (κ1) is 16.2. The number of hydrogen-bond donors (Lipinski definition) is 2. The zero-order valence-electron chi connectivity index (χ0n) is 12.9. The lowest BCUT2D eigenvalue weighted by Crippen LogP contribution is -2.38. The molecule has 1 aliphatic rings. The SMILES string of the molecule is Cc1ncsc1CNC(=O)NCCO[C@@H]1CCCC[C@H]1C. The van der Waals surface area contributed by atoms with Crippen LogP contribution in [0, 0.1) is 12.8 Å². The van der Waals surface area contributed by atoms with E-state index in [1.165, 1.54) is 19.3 Å². The Morgan fingerprint density at radius 1 is 1.43 bits per heavy atom. The number of amides is 2. The Balaban J connectivity index is 1.56. The molecule has 1 aliphatic carbocycles. The number of aryl methyl sites for hydroxylation is 1. The number of rotatable bonds is 6. The number of hydrogen-bond acceptors (Lipinski definition) is 4. The highest BCUT2D eigenvalue weighted by atomic mass is 32.1. The van der Waals surface area contributed by atoms with Gasteiger partial charge in [-0.2, -0.15) is 0 Å². The third-order valence-corrected chi connectivity index (χ3v) is 4.94. The molecule has 118 valence electrons. The van der Waals surface area contributed by atoms with Crippen LogP contribution < -0.4 is 10.6 Å². The van der Waals surface area contributed by atoms with Gasteiger partial charge in [0, 0.05) is 11.4 Å². The summed E-state index contributed by atoms with van der Waals surface area (Å²) in [5.74, 6) is 0.641. The average molecular weight is 311 g/mol. The van der Waals surface area contributed by atoms with Gasteiger partial charge in [0.25, 0.3) is 0 Å². The molecule has 2 rings (SSSR count). The fraction of sp³-hybridized carbons (Fsp3) is 0.733. The molecule has 0 bridgehead atoms. The molecule has 2 atom stereocenters. The topological polar surface area (TPSA) is 63.2 Å². The Bertz CT molecular complexity index is 450. The van der Waals surface area contributed by atoms with Gasteiger partial charge in [0.1, 0.15) is 0 Å². The van der Waals surface area contributed by atoms with Gasteiger partial charge >= 0.3 is 6.03 Å². The van der Waals surface area contributed by atoms with Crippen LogP contribution in [0.3, 0.4) is 0 Å². The molecule has 0 spiro atoms. The highest BCUT2D eigenvalue weighted by molar-refractivity contribution is 7.09. The molecule has 2 N–H and O–H groups in total. The number of thiazole rings is 1. The fourth-order valence-corrected chi connectivity index (χ4v) is 3.34. The van der Waals surface area contributed by atoms with Crippen molar-refractivity contribution in [2.75, 3.05) is 13.2 Å². The first-order valence-electron chi connectivity index (χ1n) is 7.69. The maximum atomic E-state index is 11.7. The molecule has 1 aromatic rings. The molecule has 0 unspecified atom stereocenters. The normalized spacial score (nSPS) is 22.0. The van der Waals surface area contributed by atoms with Crippen LogP contribution >= 0.6 is 11.3 Å². The first-order valence-corrected chi connectivity index (χ1v) is 8.57. The molecule has 0 saturated heterocycles. The van der Waals surface area contributed by atoms with Gasteiger partial charge in [0.15, 0.2) is 0 Å². The van der Waals surface area contributed by atoms with Crippen molar-refractivity contribution in [1.29, 1.82) is 0 Å². The van der Waals surface area contributed by atoms with Gasteiger partial charge in [0.05, 0.1) is 30.5 Å². The van der Waals surface area contributed by atoms with Crippen molar-refractivity contribution in [3.63, 3.8) is 0 Å². The van der Waals surface area contributed by atoms with Crippen LogP contribution in [0.4, 0.5) is 4.79 Å². The number of urea groups is 1. The summed E-state index contributed by atoms with van der Waals surface area (Å²) < 4.78 is 5.86. The van der Waals surface area contributed by atoms with E-state index >= 15 is 0 Å². The predicted octanol–water partition coefficient (Wildman–Crippen LogP) is 2.85. The number of nitrogens with one attached hydrogen (secondary N) is 2. The number of carbonyl (C=O) groups excluding carboxylic acids is 1. The van der Waals surface area contributed by atoms with E-state index < -0.39 is 0 Å². The average Bonchev–Trinajstić information content (AvgIpc) is 2.88. The number of carbonyl (C=O) groups is 1. The number of ether oxygens (including phenoxy) is 1. The van der Waals surface area contributed by atoms with Gasteiger partial charge in [-0.25, -0.2) is 9.78 Å². The second-order valence-electron chi connectivity index (χ2n) is 5.64. The van der Waals surface area contributed by atoms with Crippen LogP contribution in [-0.4, -0.2) is 30.3 Å². The summed E-state index contributed by atoms with van der Waals surface area (Å²) in [6.07, 6.45) is 5.35.